The number of nitrogens with one attached hydrogen (secondary N) is 1. The predicted molar refractivity (Wildman–Crippen MR) is 76.6 cm³/mol. The van der Waals surface area contributed by atoms with Gasteiger partial charge in [0.1, 0.15) is 5.75 Å². The number of aromatic nitrogens is 3. The fourth-order valence-electron chi connectivity index (χ4n) is 2.81. The third kappa shape index (κ3) is 3.04. The molecule has 0 radical (unpaired) electrons. The van der Waals surface area contributed by atoms with Crippen LogP contribution in [0.15, 0.2) is 30.6 Å². The number of hydrogen-bond donors (Lipinski definition) is 2. The summed E-state index contributed by atoms with van der Waals surface area (Å²) in [4.78, 5) is 12.1. The first-order valence-electron chi connectivity index (χ1n) is 7.18. The van der Waals surface area contributed by atoms with Crippen molar-refractivity contribution in [2.24, 2.45) is 0 Å². The van der Waals surface area contributed by atoms with Gasteiger partial charge in [0.15, 0.2) is 0 Å². The van der Waals surface area contributed by atoms with Gasteiger partial charge in [-0.1, -0.05) is 17.3 Å². The molecule has 6 heteroatoms. The van der Waals surface area contributed by atoms with Crippen molar-refractivity contribution in [1.29, 1.82) is 0 Å². The first-order chi connectivity index (χ1) is 10.2. The summed E-state index contributed by atoms with van der Waals surface area (Å²) in [5.74, 6) is 0.320. The highest BCUT2D eigenvalue weighted by molar-refractivity contribution is 5.76. The van der Waals surface area contributed by atoms with Crippen LogP contribution in [-0.4, -0.2) is 26.0 Å². The summed E-state index contributed by atoms with van der Waals surface area (Å²) in [6.45, 7) is 0.519. The maximum atomic E-state index is 12.1. The lowest BCUT2D eigenvalue weighted by atomic mass is 9.87. The Labute approximate surface area is 122 Å². The largest absolute Gasteiger partial charge is 0.508 e. The molecule has 0 spiro atoms. The molecule has 1 aromatic carbocycles. The third-order valence-electron chi connectivity index (χ3n) is 3.86. The zero-order valence-corrected chi connectivity index (χ0v) is 11.7. The Morgan fingerprint density at radius 2 is 2.38 bits per heavy atom. The maximum Gasteiger partial charge on any atom is 0.222 e. The lowest BCUT2D eigenvalue weighted by Crippen LogP contribution is -2.31. The second-order valence-corrected chi connectivity index (χ2v) is 5.27. The fraction of sp³-hybridized carbons (Fsp3) is 0.400. The van der Waals surface area contributed by atoms with Gasteiger partial charge in [-0.2, -0.15) is 0 Å². The minimum Gasteiger partial charge on any atom is -0.508 e. The monoisotopic (exact) mass is 286 g/mol. The van der Waals surface area contributed by atoms with Crippen LogP contribution < -0.4 is 5.32 Å². The molecule has 1 amide bonds. The van der Waals surface area contributed by atoms with Crippen LogP contribution in [0.4, 0.5) is 0 Å². The number of carbonyl (C=O) groups is 1. The summed E-state index contributed by atoms with van der Waals surface area (Å²) in [6, 6.07) is 5.50. The predicted octanol–water partition coefficient (Wildman–Crippen LogP) is 1.57. The number of benzene rings is 1. The molecule has 110 valence electrons. The van der Waals surface area contributed by atoms with Gasteiger partial charge in [-0.15, -0.1) is 5.10 Å². The van der Waals surface area contributed by atoms with Gasteiger partial charge in [0.25, 0.3) is 0 Å². The Kier molecular flexibility index (Phi) is 3.85. The molecule has 0 bridgehead atoms. The van der Waals surface area contributed by atoms with E-state index in [1.165, 1.54) is 0 Å². The van der Waals surface area contributed by atoms with Crippen LogP contribution in [0.2, 0.25) is 0 Å². The fourth-order valence-corrected chi connectivity index (χ4v) is 2.81. The van der Waals surface area contributed by atoms with Crippen molar-refractivity contribution >= 4 is 5.91 Å². The van der Waals surface area contributed by atoms with Crippen LogP contribution in [0.25, 0.3) is 0 Å². The summed E-state index contributed by atoms with van der Waals surface area (Å²) in [5.41, 5.74) is 2.00. The molecular formula is C15H18N4O2. The highest BCUT2D eigenvalue weighted by Crippen LogP contribution is 2.34. The first-order valence-corrected chi connectivity index (χ1v) is 7.18. The van der Waals surface area contributed by atoms with E-state index in [1.807, 2.05) is 12.1 Å². The number of amides is 1. The quantitative estimate of drug-likeness (QED) is 0.894. The smallest absolute Gasteiger partial charge is 0.222 e. The van der Waals surface area contributed by atoms with Crippen LogP contribution in [0, 0.1) is 0 Å². The Morgan fingerprint density at radius 1 is 1.48 bits per heavy atom. The minimum atomic E-state index is -0.0101. The van der Waals surface area contributed by atoms with Gasteiger partial charge in [-0.3, -0.25) is 9.48 Å². The van der Waals surface area contributed by atoms with E-state index in [0.29, 0.717) is 18.7 Å². The van der Waals surface area contributed by atoms with Crippen molar-refractivity contribution in [3.63, 3.8) is 0 Å². The normalized spacial score (nSPS) is 17.2. The Bertz CT molecular complexity index is 625. The number of phenols is 1. The number of aromatic hydroxyl groups is 1. The van der Waals surface area contributed by atoms with Crippen LogP contribution in [-0.2, 0) is 17.8 Å². The van der Waals surface area contributed by atoms with Crippen LogP contribution in [0.5, 0.6) is 5.75 Å². The van der Waals surface area contributed by atoms with Gasteiger partial charge >= 0.3 is 0 Å². The van der Waals surface area contributed by atoms with Gasteiger partial charge < -0.3 is 10.4 Å². The van der Waals surface area contributed by atoms with E-state index in [-0.39, 0.29) is 11.9 Å². The highest BCUT2D eigenvalue weighted by atomic mass is 16.3. The number of fused-ring (bicyclic) bond motifs is 1. The molecule has 1 heterocycles. The minimum absolute atomic E-state index is 0.00769. The Morgan fingerprint density at radius 3 is 3.19 bits per heavy atom. The number of carbonyl (C=O) groups excluding carboxylic acids is 1. The lowest BCUT2D eigenvalue weighted by Gasteiger charge is -2.27. The van der Waals surface area contributed by atoms with Crippen LogP contribution >= 0.6 is 0 Å². The number of aryl methyl sites for hydroxylation is 1. The molecule has 1 aliphatic carbocycles. The molecule has 0 fully saturated rings. The van der Waals surface area contributed by atoms with Crippen molar-refractivity contribution in [1.82, 2.24) is 20.3 Å². The first kappa shape index (κ1) is 13.6. The van der Waals surface area contributed by atoms with E-state index in [4.69, 9.17) is 0 Å². The summed E-state index contributed by atoms with van der Waals surface area (Å²) >= 11 is 0. The lowest BCUT2D eigenvalue weighted by molar-refractivity contribution is -0.122. The molecule has 0 saturated carbocycles. The Hall–Kier alpha value is -2.37. The number of nitrogens with zero attached hydrogens (tertiary/aromatic N) is 3. The number of rotatable bonds is 4. The maximum absolute atomic E-state index is 12.1. The topological polar surface area (TPSA) is 80.0 Å². The summed E-state index contributed by atoms with van der Waals surface area (Å²) in [5, 5.41) is 20.5. The summed E-state index contributed by atoms with van der Waals surface area (Å²) in [6.07, 6.45) is 6.45. The molecule has 6 nitrogen and oxygen atoms in total. The average Bonchev–Trinajstić information content (AvgIpc) is 3.00. The van der Waals surface area contributed by atoms with Crippen molar-refractivity contribution in [2.75, 3.05) is 0 Å². The third-order valence-corrected chi connectivity index (χ3v) is 3.86. The van der Waals surface area contributed by atoms with E-state index in [9.17, 15) is 9.90 Å². The van der Waals surface area contributed by atoms with Crippen molar-refractivity contribution in [3.05, 3.63) is 41.7 Å². The van der Waals surface area contributed by atoms with E-state index in [0.717, 1.165) is 30.4 Å². The zero-order chi connectivity index (χ0) is 14.7. The number of hydrogen-bond acceptors (Lipinski definition) is 4. The molecule has 1 aromatic heterocycles. The molecule has 2 aromatic rings. The molecule has 1 unspecified atom stereocenters. The highest BCUT2D eigenvalue weighted by Gasteiger charge is 2.23. The molecule has 1 aliphatic rings. The van der Waals surface area contributed by atoms with E-state index < -0.39 is 0 Å². The summed E-state index contributed by atoms with van der Waals surface area (Å²) < 4.78 is 1.64. The van der Waals surface area contributed by atoms with E-state index in [1.54, 1.807) is 23.1 Å². The van der Waals surface area contributed by atoms with Crippen LogP contribution in [0.3, 0.4) is 0 Å². The zero-order valence-electron chi connectivity index (χ0n) is 11.7. The SMILES string of the molecule is O=C(CCn1ccnn1)NC1CCCc2c(O)cccc21. The molecule has 0 saturated heterocycles. The van der Waals surface area contributed by atoms with Crippen molar-refractivity contribution in [3.8, 4) is 5.75 Å². The second-order valence-electron chi connectivity index (χ2n) is 5.27. The molecule has 0 aliphatic heterocycles. The standard InChI is InChI=1S/C15H18N4O2/c20-14-6-2-3-11-12(14)4-1-5-13(11)17-15(21)7-9-19-10-8-16-18-19/h2-3,6,8,10,13,20H,1,4-5,7,9H2,(H,17,21). The average molecular weight is 286 g/mol. The van der Waals surface area contributed by atoms with Crippen molar-refractivity contribution in [2.45, 2.75) is 38.3 Å². The molecular weight excluding hydrogens is 268 g/mol. The molecule has 1 atom stereocenters. The molecule has 21 heavy (non-hydrogen) atoms. The van der Waals surface area contributed by atoms with Gasteiger partial charge in [-0.25, -0.2) is 0 Å². The van der Waals surface area contributed by atoms with E-state index in [2.05, 4.69) is 15.6 Å². The van der Waals surface area contributed by atoms with Gasteiger partial charge in [0, 0.05) is 12.6 Å². The second kappa shape index (κ2) is 5.95. The Balaban J connectivity index is 1.63. The molecule has 3 rings (SSSR count). The summed E-state index contributed by atoms with van der Waals surface area (Å²) in [7, 11) is 0. The molecule has 2 N–H and O–H groups in total. The van der Waals surface area contributed by atoms with E-state index >= 15 is 0 Å². The van der Waals surface area contributed by atoms with Crippen LogP contribution in [0.1, 0.15) is 36.4 Å². The van der Waals surface area contributed by atoms with Crippen molar-refractivity contribution < 1.29 is 9.90 Å². The van der Waals surface area contributed by atoms with Gasteiger partial charge in [-0.05, 0) is 36.5 Å². The number of phenolic OH excluding ortho intramolecular Hbond substituents is 1. The van der Waals surface area contributed by atoms with Gasteiger partial charge in [0.05, 0.1) is 18.8 Å². The van der Waals surface area contributed by atoms with Gasteiger partial charge in [0.2, 0.25) is 5.91 Å².